The van der Waals surface area contributed by atoms with Crippen molar-refractivity contribution in [1.82, 2.24) is 14.9 Å². The molecule has 4 rings (SSSR count). The molecule has 0 bridgehead atoms. The summed E-state index contributed by atoms with van der Waals surface area (Å²) in [5, 5.41) is 0. The first-order valence-corrected chi connectivity index (χ1v) is 12.2. The summed E-state index contributed by atoms with van der Waals surface area (Å²) < 4.78 is 0. The third-order valence-electron chi connectivity index (χ3n) is 7.24. The molecule has 174 valence electrons. The molecule has 1 aromatic rings. The van der Waals surface area contributed by atoms with Gasteiger partial charge in [-0.1, -0.05) is 19.3 Å². The van der Waals surface area contributed by atoms with E-state index >= 15 is 0 Å². The molecule has 0 unspecified atom stereocenters. The lowest BCUT2D eigenvalue weighted by Gasteiger charge is -2.35. The Bertz CT molecular complexity index is 881. The molecule has 2 fully saturated rings. The van der Waals surface area contributed by atoms with Gasteiger partial charge >= 0.3 is 0 Å². The number of aromatic nitrogens is 2. The Balaban J connectivity index is 1.54. The number of nitrogens with zero attached hydrogens (tertiary/aromatic N) is 4. The van der Waals surface area contributed by atoms with Crippen LogP contribution in [0.3, 0.4) is 0 Å². The molecule has 8 nitrogen and oxygen atoms in total. The van der Waals surface area contributed by atoms with Crippen LogP contribution >= 0.6 is 0 Å². The largest absolute Gasteiger partial charge is 0.370 e. The minimum atomic E-state index is -0.455. The summed E-state index contributed by atoms with van der Waals surface area (Å²) in [4.78, 5) is 49.9. The van der Waals surface area contributed by atoms with E-state index in [-0.39, 0.29) is 30.6 Å². The van der Waals surface area contributed by atoms with Crippen molar-refractivity contribution in [3.63, 3.8) is 0 Å². The number of amides is 3. The van der Waals surface area contributed by atoms with E-state index in [1.165, 1.54) is 32.1 Å². The Hall–Kier alpha value is -2.51. The van der Waals surface area contributed by atoms with Gasteiger partial charge in [0, 0.05) is 56.1 Å². The minimum Gasteiger partial charge on any atom is -0.370 e. The maximum Gasteiger partial charge on any atom is 0.228 e. The van der Waals surface area contributed by atoms with E-state index in [4.69, 9.17) is 15.7 Å². The second kappa shape index (κ2) is 9.96. The molecule has 2 aliphatic heterocycles. The van der Waals surface area contributed by atoms with Crippen molar-refractivity contribution in [3.8, 4) is 0 Å². The van der Waals surface area contributed by atoms with Crippen LogP contribution in [0.1, 0.15) is 87.2 Å². The summed E-state index contributed by atoms with van der Waals surface area (Å²) >= 11 is 0. The van der Waals surface area contributed by atoms with Crippen LogP contribution in [0.5, 0.6) is 0 Å². The lowest BCUT2D eigenvalue weighted by atomic mass is 9.88. The Morgan fingerprint density at radius 2 is 1.81 bits per heavy atom. The minimum absolute atomic E-state index is 0.0406. The summed E-state index contributed by atoms with van der Waals surface area (Å²) in [5.41, 5.74) is 7.24. The van der Waals surface area contributed by atoms with E-state index in [1.54, 1.807) is 4.90 Å². The molecule has 1 aliphatic carbocycles. The zero-order valence-electron chi connectivity index (χ0n) is 19.1. The van der Waals surface area contributed by atoms with E-state index in [1.807, 2.05) is 11.8 Å². The van der Waals surface area contributed by atoms with E-state index in [2.05, 4.69) is 0 Å². The van der Waals surface area contributed by atoms with Crippen molar-refractivity contribution in [1.29, 1.82) is 0 Å². The fraction of sp³-hybridized carbons (Fsp3) is 0.708. The number of anilines is 1. The van der Waals surface area contributed by atoms with Crippen LogP contribution in [0.15, 0.2) is 0 Å². The smallest absolute Gasteiger partial charge is 0.228 e. The molecule has 3 aliphatic rings. The van der Waals surface area contributed by atoms with Crippen molar-refractivity contribution in [2.75, 3.05) is 24.5 Å². The molecular weight excluding hydrogens is 406 g/mol. The highest BCUT2D eigenvalue weighted by molar-refractivity contribution is 5.95. The molecular formula is C24H35N5O3. The number of fused-ring (bicyclic) bond motifs is 1. The van der Waals surface area contributed by atoms with Crippen LogP contribution in [-0.4, -0.2) is 52.2 Å². The van der Waals surface area contributed by atoms with Gasteiger partial charge in [-0.3, -0.25) is 19.3 Å². The fourth-order valence-corrected chi connectivity index (χ4v) is 5.40. The number of hydrogen-bond donors (Lipinski definition) is 1. The van der Waals surface area contributed by atoms with Crippen molar-refractivity contribution < 1.29 is 14.4 Å². The Labute approximate surface area is 189 Å². The molecule has 0 spiro atoms. The van der Waals surface area contributed by atoms with E-state index < -0.39 is 5.91 Å². The second-order valence-corrected chi connectivity index (χ2v) is 9.62. The number of hydrogen-bond acceptors (Lipinski definition) is 5. The van der Waals surface area contributed by atoms with Crippen molar-refractivity contribution in [2.45, 2.75) is 83.5 Å². The SMILES string of the molecule is Cc1nc([C@H]2CCCN(C(=O)CCC(N)=O)C2)nc2c1CCC(=O)N2CC1CCCCC1. The van der Waals surface area contributed by atoms with Gasteiger partial charge < -0.3 is 10.6 Å². The van der Waals surface area contributed by atoms with Gasteiger partial charge in [-0.15, -0.1) is 0 Å². The van der Waals surface area contributed by atoms with Crippen LogP contribution in [0.2, 0.25) is 0 Å². The van der Waals surface area contributed by atoms with Gasteiger partial charge in [-0.2, -0.15) is 0 Å². The van der Waals surface area contributed by atoms with Gasteiger partial charge in [0.1, 0.15) is 11.6 Å². The van der Waals surface area contributed by atoms with Crippen LogP contribution < -0.4 is 10.6 Å². The summed E-state index contributed by atoms with van der Waals surface area (Å²) in [6.45, 7) is 4.00. The Kier molecular flexibility index (Phi) is 7.06. The first kappa shape index (κ1) is 22.7. The van der Waals surface area contributed by atoms with Gasteiger partial charge in [-0.25, -0.2) is 9.97 Å². The summed E-state index contributed by atoms with van der Waals surface area (Å²) in [5.74, 6) is 1.78. The lowest BCUT2D eigenvalue weighted by Crippen LogP contribution is -2.42. The van der Waals surface area contributed by atoms with Crippen molar-refractivity contribution in [3.05, 3.63) is 17.1 Å². The van der Waals surface area contributed by atoms with E-state index in [0.717, 1.165) is 42.3 Å². The zero-order chi connectivity index (χ0) is 22.7. The average molecular weight is 442 g/mol. The number of aryl methyl sites for hydroxylation is 1. The predicted octanol–water partition coefficient (Wildman–Crippen LogP) is 2.62. The topological polar surface area (TPSA) is 109 Å². The van der Waals surface area contributed by atoms with Crippen molar-refractivity contribution in [2.24, 2.45) is 11.7 Å². The van der Waals surface area contributed by atoms with E-state index in [9.17, 15) is 14.4 Å². The maximum absolute atomic E-state index is 12.9. The number of piperidine rings is 1. The molecule has 1 saturated heterocycles. The Morgan fingerprint density at radius 3 is 2.56 bits per heavy atom. The standard InChI is InChI=1S/C24H35N5O3/c1-16-19-9-11-22(32)29(14-17-6-3-2-4-7-17)24(19)27-23(26-16)18-8-5-13-28(15-18)21(31)12-10-20(25)30/h17-18H,2-15H2,1H3,(H2,25,30)/t18-/m0/s1. The fourth-order valence-electron chi connectivity index (χ4n) is 5.40. The molecule has 3 amide bonds. The van der Waals surface area contributed by atoms with Gasteiger partial charge in [-0.05, 0) is 44.9 Å². The van der Waals surface area contributed by atoms with Gasteiger partial charge in [0.2, 0.25) is 17.7 Å². The number of primary amides is 1. The molecule has 1 aromatic heterocycles. The molecule has 0 radical (unpaired) electrons. The van der Waals surface area contributed by atoms with Gasteiger partial charge in [0.25, 0.3) is 0 Å². The summed E-state index contributed by atoms with van der Waals surface area (Å²) in [6.07, 6.45) is 9.38. The molecule has 1 atom stereocenters. The number of rotatable bonds is 6. The van der Waals surface area contributed by atoms with Gasteiger partial charge in [0.15, 0.2) is 0 Å². The lowest BCUT2D eigenvalue weighted by molar-refractivity contribution is -0.134. The normalized spacial score (nSPS) is 22.0. The van der Waals surface area contributed by atoms with Gasteiger partial charge in [0.05, 0.1) is 0 Å². The molecule has 0 aromatic carbocycles. The number of carbonyl (C=O) groups excluding carboxylic acids is 3. The third kappa shape index (κ3) is 5.10. The number of likely N-dealkylation sites (tertiary alicyclic amines) is 1. The highest BCUT2D eigenvalue weighted by Gasteiger charge is 2.33. The zero-order valence-corrected chi connectivity index (χ0v) is 19.1. The average Bonchev–Trinajstić information content (AvgIpc) is 2.80. The Morgan fingerprint density at radius 1 is 1.03 bits per heavy atom. The molecule has 3 heterocycles. The monoisotopic (exact) mass is 441 g/mol. The molecule has 32 heavy (non-hydrogen) atoms. The third-order valence-corrected chi connectivity index (χ3v) is 7.24. The summed E-state index contributed by atoms with van der Waals surface area (Å²) in [6, 6.07) is 0. The number of nitrogens with two attached hydrogens (primary N) is 1. The number of carbonyl (C=O) groups is 3. The molecule has 1 saturated carbocycles. The van der Waals surface area contributed by atoms with E-state index in [0.29, 0.717) is 31.8 Å². The summed E-state index contributed by atoms with van der Waals surface area (Å²) in [7, 11) is 0. The molecule has 8 heteroatoms. The quantitative estimate of drug-likeness (QED) is 0.730. The van der Waals surface area contributed by atoms with Crippen LogP contribution in [0, 0.1) is 12.8 Å². The first-order chi connectivity index (χ1) is 15.4. The van der Waals surface area contributed by atoms with Crippen LogP contribution in [0.25, 0.3) is 0 Å². The second-order valence-electron chi connectivity index (χ2n) is 9.62. The predicted molar refractivity (Wildman–Crippen MR) is 121 cm³/mol. The highest BCUT2D eigenvalue weighted by atomic mass is 16.2. The van der Waals surface area contributed by atoms with Crippen LogP contribution in [-0.2, 0) is 20.8 Å². The molecule has 2 N–H and O–H groups in total. The van der Waals surface area contributed by atoms with Crippen LogP contribution in [0.4, 0.5) is 5.82 Å². The highest BCUT2D eigenvalue weighted by Crippen LogP contribution is 2.34. The first-order valence-electron chi connectivity index (χ1n) is 12.2. The van der Waals surface area contributed by atoms with Crippen molar-refractivity contribution >= 4 is 23.5 Å². The maximum atomic E-state index is 12.9.